The number of benzene rings is 2. The zero-order chi connectivity index (χ0) is 17.0. The molecule has 3 N–H and O–H groups in total. The number of rotatable bonds is 5. The second-order valence-electron chi connectivity index (χ2n) is 4.59. The molecule has 0 spiro atoms. The van der Waals surface area contributed by atoms with Crippen molar-refractivity contribution in [3.05, 3.63) is 47.5 Å². The summed E-state index contributed by atoms with van der Waals surface area (Å²) in [5.74, 6) is -2.29. The Kier molecular flexibility index (Phi) is 4.70. The normalized spacial score (nSPS) is 10.1. The van der Waals surface area contributed by atoms with Crippen LogP contribution in [-0.4, -0.2) is 40.8 Å². The third-order valence-corrected chi connectivity index (χ3v) is 3.01. The number of ether oxygens (including phenoxy) is 2. The molecule has 7 heteroatoms. The summed E-state index contributed by atoms with van der Waals surface area (Å²) in [6, 6.07) is 7.80. The van der Waals surface area contributed by atoms with Gasteiger partial charge in [-0.1, -0.05) is 0 Å². The Labute approximate surface area is 131 Å². The van der Waals surface area contributed by atoms with E-state index < -0.39 is 29.9 Å². The lowest BCUT2D eigenvalue weighted by molar-refractivity contribution is 0.0600. The Morgan fingerprint density at radius 3 is 2.09 bits per heavy atom. The predicted molar refractivity (Wildman–Crippen MR) is 79.0 cm³/mol. The summed E-state index contributed by atoms with van der Waals surface area (Å²) in [6.45, 7) is -0.441. The van der Waals surface area contributed by atoms with E-state index in [1.165, 1.54) is 31.4 Å². The Bertz CT molecular complexity index is 712. The standard InChI is InChI=1S/C16H14O7/c1-22-16(21)9-2-4-11(5-3-9)23-8-14(20)15-12(18)6-10(17)7-13(15)19/h2-7,17-19H,8H2,1H3. The molecule has 0 amide bonds. The minimum Gasteiger partial charge on any atom is -0.508 e. The molecule has 0 aliphatic carbocycles. The number of phenols is 3. The van der Waals surface area contributed by atoms with Crippen molar-refractivity contribution in [3.8, 4) is 23.0 Å². The first-order chi connectivity index (χ1) is 10.9. The average molecular weight is 318 g/mol. The van der Waals surface area contributed by atoms with E-state index >= 15 is 0 Å². The third kappa shape index (κ3) is 3.70. The lowest BCUT2D eigenvalue weighted by atomic mass is 10.1. The van der Waals surface area contributed by atoms with E-state index in [-0.39, 0.29) is 11.3 Å². The van der Waals surface area contributed by atoms with Crippen LogP contribution in [0.1, 0.15) is 20.7 Å². The Morgan fingerprint density at radius 2 is 1.57 bits per heavy atom. The first-order valence-corrected chi connectivity index (χ1v) is 6.51. The molecular formula is C16H14O7. The van der Waals surface area contributed by atoms with E-state index in [0.717, 1.165) is 12.1 Å². The van der Waals surface area contributed by atoms with Gasteiger partial charge in [-0.15, -0.1) is 0 Å². The zero-order valence-electron chi connectivity index (χ0n) is 12.1. The highest BCUT2D eigenvalue weighted by molar-refractivity contribution is 6.02. The van der Waals surface area contributed by atoms with Crippen molar-refractivity contribution in [1.29, 1.82) is 0 Å². The van der Waals surface area contributed by atoms with Gasteiger partial charge in [-0.05, 0) is 24.3 Å². The van der Waals surface area contributed by atoms with Crippen LogP contribution in [0, 0.1) is 0 Å². The van der Waals surface area contributed by atoms with Crippen LogP contribution in [0.2, 0.25) is 0 Å². The summed E-state index contributed by atoms with van der Waals surface area (Å²) in [6.07, 6.45) is 0. The highest BCUT2D eigenvalue weighted by atomic mass is 16.5. The molecule has 2 aromatic carbocycles. The van der Waals surface area contributed by atoms with Gasteiger partial charge < -0.3 is 24.8 Å². The second kappa shape index (κ2) is 6.69. The minimum atomic E-state index is -0.669. The molecule has 0 aliphatic rings. The molecule has 2 aromatic rings. The van der Waals surface area contributed by atoms with Gasteiger partial charge in [0, 0.05) is 12.1 Å². The molecule has 23 heavy (non-hydrogen) atoms. The summed E-state index contributed by atoms with van der Waals surface area (Å²) >= 11 is 0. The SMILES string of the molecule is COC(=O)c1ccc(OCC(=O)c2c(O)cc(O)cc2O)cc1. The summed E-state index contributed by atoms with van der Waals surface area (Å²) in [7, 11) is 1.27. The fourth-order valence-corrected chi connectivity index (χ4v) is 1.91. The monoisotopic (exact) mass is 318 g/mol. The van der Waals surface area contributed by atoms with Crippen LogP contribution in [0.5, 0.6) is 23.0 Å². The van der Waals surface area contributed by atoms with Gasteiger partial charge in [-0.25, -0.2) is 4.79 Å². The van der Waals surface area contributed by atoms with Crippen molar-refractivity contribution >= 4 is 11.8 Å². The van der Waals surface area contributed by atoms with Gasteiger partial charge in [0.25, 0.3) is 0 Å². The van der Waals surface area contributed by atoms with E-state index in [4.69, 9.17) is 4.74 Å². The molecule has 0 radical (unpaired) electrons. The van der Waals surface area contributed by atoms with E-state index in [1.807, 2.05) is 0 Å². The van der Waals surface area contributed by atoms with Gasteiger partial charge in [0.1, 0.15) is 28.6 Å². The lowest BCUT2D eigenvalue weighted by Crippen LogP contribution is -2.12. The molecule has 0 heterocycles. The summed E-state index contributed by atoms with van der Waals surface area (Å²) < 4.78 is 9.80. The topological polar surface area (TPSA) is 113 Å². The van der Waals surface area contributed by atoms with Gasteiger partial charge in [-0.3, -0.25) is 4.79 Å². The maximum absolute atomic E-state index is 12.0. The van der Waals surface area contributed by atoms with Crippen LogP contribution in [0.25, 0.3) is 0 Å². The van der Waals surface area contributed by atoms with Gasteiger partial charge >= 0.3 is 5.97 Å². The summed E-state index contributed by atoms with van der Waals surface area (Å²) in [5.41, 5.74) is -0.00557. The molecule has 0 aromatic heterocycles. The predicted octanol–water partition coefficient (Wildman–Crippen LogP) is 1.85. The number of aromatic hydroxyl groups is 3. The van der Waals surface area contributed by atoms with Gasteiger partial charge in [0.2, 0.25) is 5.78 Å². The van der Waals surface area contributed by atoms with Gasteiger partial charge in [-0.2, -0.15) is 0 Å². The van der Waals surface area contributed by atoms with Crippen molar-refractivity contribution < 1.29 is 34.4 Å². The lowest BCUT2D eigenvalue weighted by Gasteiger charge is -2.09. The number of hydrogen-bond acceptors (Lipinski definition) is 7. The molecule has 0 saturated heterocycles. The number of Topliss-reactive ketones (excluding diaryl/α,β-unsaturated/α-hetero) is 1. The van der Waals surface area contributed by atoms with Gasteiger partial charge in [0.05, 0.1) is 12.7 Å². The van der Waals surface area contributed by atoms with E-state index in [2.05, 4.69) is 4.74 Å². The molecule has 0 atom stereocenters. The maximum atomic E-state index is 12.0. The van der Waals surface area contributed by atoms with Gasteiger partial charge in [0.15, 0.2) is 6.61 Å². The second-order valence-corrected chi connectivity index (χ2v) is 4.59. The molecule has 2 rings (SSSR count). The van der Waals surface area contributed by atoms with Crippen molar-refractivity contribution in [2.75, 3.05) is 13.7 Å². The van der Waals surface area contributed by atoms with Crippen molar-refractivity contribution in [2.24, 2.45) is 0 Å². The number of esters is 1. The van der Waals surface area contributed by atoms with Crippen LogP contribution in [0.4, 0.5) is 0 Å². The molecule has 0 fully saturated rings. The molecule has 0 saturated carbocycles. The fraction of sp³-hybridized carbons (Fsp3) is 0.125. The number of phenolic OH excluding ortho intramolecular Hbond substituents is 3. The molecule has 0 unspecified atom stereocenters. The van der Waals surface area contributed by atoms with Crippen LogP contribution >= 0.6 is 0 Å². The van der Waals surface area contributed by atoms with Crippen molar-refractivity contribution in [1.82, 2.24) is 0 Å². The molecule has 0 bridgehead atoms. The summed E-state index contributed by atoms with van der Waals surface area (Å²) in [4.78, 5) is 23.3. The molecule has 120 valence electrons. The van der Waals surface area contributed by atoms with E-state index in [1.54, 1.807) is 0 Å². The smallest absolute Gasteiger partial charge is 0.337 e. The van der Waals surface area contributed by atoms with Crippen LogP contribution in [0.3, 0.4) is 0 Å². The Hall–Kier alpha value is -3.22. The van der Waals surface area contributed by atoms with Crippen molar-refractivity contribution in [3.63, 3.8) is 0 Å². The maximum Gasteiger partial charge on any atom is 0.337 e. The first-order valence-electron chi connectivity index (χ1n) is 6.51. The number of carbonyl (C=O) groups is 2. The van der Waals surface area contributed by atoms with Crippen LogP contribution in [-0.2, 0) is 4.74 Å². The van der Waals surface area contributed by atoms with E-state index in [0.29, 0.717) is 11.3 Å². The third-order valence-electron chi connectivity index (χ3n) is 3.01. The molecule has 0 aliphatic heterocycles. The number of hydrogen-bond donors (Lipinski definition) is 3. The molecule has 7 nitrogen and oxygen atoms in total. The number of carbonyl (C=O) groups excluding carboxylic acids is 2. The molecular weight excluding hydrogens is 304 g/mol. The minimum absolute atomic E-state index is 0.323. The first kappa shape index (κ1) is 16.2. The quantitative estimate of drug-likeness (QED) is 0.569. The number of ketones is 1. The van der Waals surface area contributed by atoms with Crippen LogP contribution in [0.15, 0.2) is 36.4 Å². The number of methoxy groups -OCH3 is 1. The Balaban J connectivity index is 2.06. The Morgan fingerprint density at radius 1 is 1.00 bits per heavy atom. The van der Waals surface area contributed by atoms with Crippen LogP contribution < -0.4 is 4.74 Å². The fourth-order valence-electron chi connectivity index (χ4n) is 1.91. The average Bonchev–Trinajstić information content (AvgIpc) is 2.51. The van der Waals surface area contributed by atoms with E-state index in [9.17, 15) is 24.9 Å². The highest BCUT2D eigenvalue weighted by Gasteiger charge is 2.18. The van der Waals surface area contributed by atoms with Crippen molar-refractivity contribution in [2.45, 2.75) is 0 Å². The summed E-state index contributed by atoms with van der Waals surface area (Å²) in [5, 5.41) is 28.4. The largest absolute Gasteiger partial charge is 0.508 e. The zero-order valence-corrected chi connectivity index (χ0v) is 12.1. The highest BCUT2D eigenvalue weighted by Crippen LogP contribution is 2.32.